The molecule has 0 atom stereocenters. The summed E-state index contributed by atoms with van der Waals surface area (Å²) in [5.41, 5.74) is 0. The third kappa shape index (κ3) is 3.36. The lowest BCUT2D eigenvalue weighted by molar-refractivity contribution is 0.623. The zero-order valence-corrected chi connectivity index (χ0v) is 11.5. The Bertz CT molecular complexity index is 339. The van der Waals surface area contributed by atoms with Crippen LogP contribution in [-0.2, 0) is 0 Å². The van der Waals surface area contributed by atoms with Gasteiger partial charge in [0.15, 0.2) is 0 Å². The van der Waals surface area contributed by atoms with Crippen LogP contribution in [0.3, 0.4) is 0 Å². The van der Waals surface area contributed by atoms with E-state index < -0.39 is 0 Å². The van der Waals surface area contributed by atoms with Crippen molar-refractivity contribution in [2.24, 2.45) is 5.92 Å². The van der Waals surface area contributed by atoms with Crippen molar-refractivity contribution in [3.8, 4) is 0 Å². The first-order chi connectivity index (χ1) is 7.25. The molecule has 0 saturated heterocycles. The largest absolute Gasteiger partial charge is 0.247 e. The Kier molecular flexibility index (Phi) is 4.35. The minimum atomic E-state index is 0.687. The number of pyridine rings is 1. The van der Waals surface area contributed by atoms with Gasteiger partial charge in [0.1, 0.15) is 5.03 Å². The van der Waals surface area contributed by atoms with E-state index in [4.69, 9.17) is 11.6 Å². The fourth-order valence-corrected chi connectivity index (χ4v) is 3.92. The molecule has 1 nitrogen and oxygen atoms in total. The Hall–Kier alpha value is 0.270. The molecule has 82 valence electrons. The molecule has 0 aliphatic heterocycles. The molecule has 1 aliphatic carbocycles. The molecular weight excluding hydrogens is 294 g/mol. The predicted molar refractivity (Wildman–Crippen MR) is 69.6 cm³/mol. The van der Waals surface area contributed by atoms with E-state index in [1.54, 1.807) is 6.20 Å². The van der Waals surface area contributed by atoms with Crippen molar-refractivity contribution >= 4 is 39.3 Å². The first-order valence-electron chi connectivity index (χ1n) is 5.19. The number of thioether (sulfide) groups is 1. The van der Waals surface area contributed by atoms with Gasteiger partial charge in [-0.25, -0.2) is 4.98 Å². The van der Waals surface area contributed by atoms with Crippen molar-refractivity contribution in [1.82, 2.24) is 4.98 Å². The Labute approximate surface area is 108 Å². The fourth-order valence-electron chi connectivity index (χ4n) is 1.88. The molecule has 1 saturated carbocycles. The Morgan fingerprint density at radius 1 is 1.47 bits per heavy atom. The van der Waals surface area contributed by atoms with E-state index in [1.807, 2.05) is 17.8 Å². The second-order valence-corrected chi connectivity index (χ2v) is 6.20. The van der Waals surface area contributed by atoms with E-state index in [0.717, 1.165) is 15.4 Å². The third-order valence-corrected chi connectivity index (χ3v) is 5.02. The van der Waals surface area contributed by atoms with Gasteiger partial charge in [0, 0.05) is 11.9 Å². The van der Waals surface area contributed by atoms with Gasteiger partial charge in [-0.05, 0) is 40.8 Å². The standard InChI is InChI=1S/C11H13BrClNS/c12-10-5-9(13)6-14-11(10)15-7-8-3-1-2-4-8/h5-6,8H,1-4,7H2. The summed E-state index contributed by atoms with van der Waals surface area (Å²) in [5.74, 6) is 2.08. The molecule has 4 heteroatoms. The van der Waals surface area contributed by atoms with Crippen LogP contribution >= 0.6 is 39.3 Å². The highest BCUT2D eigenvalue weighted by atomic mass is 79.9. The quantitative estimate of drug-likeness (QED) is 0.745. The topological polar surface area (TPSA) is 12.9 Å². The normalized spacial score (nSPS) is 17.2. The van der Waals surface area contributed by atoms with Crippen LogP contribution in [0.15, 0.2) is 21.8 Å². The van der Waals surface area contributed by atoms with E-state index in [9.17, 15) is 0 Å². The lowest BCUT2D eigenvalue weighted by Gasteiger charge is -2.08. The van der Waals surface area contributed by atoms with Gasteiger partial charge in [0.05, 0.1) is 9.50 Å². The fraction of sp³-hybridized carbons (Fsp3) is 0.545. The molecule has 0 N–H and O–H groups in total. The molecular formula is C11H13BrClNS. The summed E-state index contributed by atoms with van der Waals surface area (Å²) in [7, 11) is 0. The molecule has 1 aromatic heterocycles. The van der Waals surface area contributed by atoms with E-state index >= 15 is 0 Å². The van der Waals surface area contributed by atoms with Crippen LogP contribution in [0.5, 0.6) is 0 Å². The highest BCUT2D eigenvalue weighted by Crippen LogP contribution is 2.33. The van der Waals surface area contributed by atoms with E-state index in [2.05, 4.69) is 20.9 Å². The predicted octanol–water partition coefficient (Wildman–Crippen LogP) is 4.78. The molecule has 15 heavy (non-hydrogen) atoms. The molecule has 0 radical (unpaired) electrons. The third-order valence-electron chi connectivity index (χ3n) is 2.70. The number of hydrogen-bond donors (Lipinski definition) is 0. The number of halogens is 2. The molecule has 0 unspecified atom stereocenters. The maximum atomic E-state index is 5.84. The summed E-state index contributed by atoms with van der Waals surface area (Å²) in [5, 5.41) is 1.75. The molecule has 1 heterocycles. The highest BCUT2D eigenvalue weighted by molar-refractivity contribution is 9.10. The molecule has 1 aliphatic rings. The van der Waals surface area contributed by atoms with Crippen molar-refractivity contribution < 1.29 is 0 Å². The van der Waals surface area contributed by atoms with Gasteiger partial charge < -0.3 is 0 Å². The van der Waals surface area contributed by atoms with Gasteiger partial charge in [0.25, 0.3) is 0 Å². The number of nitrogens with zero attached hydrogens (tertiary/aromatic N) is 1. The first kappa shape index (κ1) is 11.7. The van der Waals surface area contributed by atoms with Gasteiger partial charge in [-0.15, -0.1) is 11.8 Å². The van der Waals surface area contributed by atoms with Crippen LogP contribution in [0, 0.1) is 5.92 Å². The Morgan fingerprint density at radius 2 is 2.20 bits per heavy atom. The molecule has 1 aromatic rings. The lowest BCUT2D eigenvalue weighted by atomic mass is 10.1. The zero-order chi connectivity index (χ0) is 10.7. The smallest absolute Gasteiger partial charge is 0.110 e. The highest BCUT2D eigenvalue weighted by Gasteiger charge is 2.16. The van der Waals surface area contributed by atoms with Crippen LogP contribution in [-0.4, -0.2) is 10.7 Å². The lowest BCUT2D eigenvalue weighted by Crippen LogP contribution is -1.97. The summed E-state index contributed by atoms with van der Waals surface area (Å²) in [4.78, 5) is 4.32. The van der Waals surface area contributed by atoms with E-state index in [1.165, 1.54) is 31.4 Å². The minimum absolute atomic E-state index is 0.687. The molecule has 0 spiro atoms. The van der Waals surface area contributed by atoms with E-state index in [-0.39, 0.29) is 0 Å². The summed E-state index contributed by atoms with van der Waals surface area (Å²) in [6, 6.07) is 1.91. The Balaban J connectivity index is 1.92. The van der Waals surface area contributed by atoms with Gasteiger partial charge in [-0.1, -0.05) is 24.4 Å². The molecule has 0 aromatic carbocycles. The summed E-state index contributed by atoms with van der Waals surface area (Å²) in [6.45, 7) is 0. The van der Waals surface area contributed by atoms with E-state index in [0.29, 0.717) is 5.02 Å². The average molecular weight is 307 g/mol. The van der Waals surface area contributed by atoms with Gasteiger partial charge in [-0.3, -0.25) is 0 Å². The van der Waals surface area contributed by atoms with Crippen molar-refractivity contribution in [2.45, 2.75) is 30.7 Å². The molecule has 0 bridgehead atoms. The van der Waals surface area contributed by atoms with Crippen molar-refractivity contribution in [1.29, 1.82) is 0 Å². The second kappa shape index (κ2) is 5.55. The number of aromatic nitrogens is 1. The van der Waals surface area contributed by atoms with Crippen molar-refractivity contribution in [3.05, 3.63) is 21.8 Å². The summed E-state index contributed by atoms with van der Waals surface area (Å²) >= 11 is 11.2. The van der Waals surface area contributed by atoms with Crippen molar-refractivity contribution in [2.75, 3.05) is 5.75 Å². The maximum Gasteiger partial charge on any atom is 0.110 e. The Morgan fingerprint density at radius 3 is 2.87 bits per heavy atom. The SMILES string of the molecule is Clc1cnc(SCC2CCCC2)c(Br)c1. The number of rotatable bonds is 3. The zero-order valence-electron chi connectivity index (χ0n) is 8.38. The second-order valence-electron chi connectivity index (χ2n) is 3.90. The maximum absolute atomic E-state index is 5.84. The average Bonchev–Trinajstić information content (AvgIpc) is 2.69. The number of hydrogen-bond acceptors (Lipinski definition) is 2. The molecule has 2 rings (SSSR count). The first-order valence-corrected chi connectivity index (χ1v) is 7.35. The summed E-state index contributed by atoms with van der Waals surface area (Å²) in [6.07, 6.45) is 7.29. The summed E-state index contributed by atoms with van der Waals surface area (Å²) < 4.78 is 1.01. The minimum Gasteiger partial charge on any atom is -0.247 e. The van der Waals surface area contributed by atoms with Crippen molar-refractivity contribution in [3.63, 3.8) is 0 Å². The van der Waals surface area contributed by atoms with Crippen LogP contribution < -0.4 is 0 Å². The van der Waals surface area contributed by atoms with Crippen LogP contribution in [0.25, 0.3) is 0 Å². The monoisotopic (exact) mass is 305 g/mol. The molecule has 1 fully saturated rings. The van der Waals surface area contributed by atoms with Crippen LogP contribution in [0.4, 0.5) is 0 Å². The molecule has 0 amide bonds. The van der Waals surface area contributed by atoms with Crippen LogP contribution in [0.1, 0.15) is 25.7 Å². The van der Waals surface area contributed by atoms with Crippen LogP contribution in [0.2, 0.25) is 5.02 Å². The van der Waals surface area contributed by atoms with Gasteiger partial charge in [-0.2, -0.15) is 0 Å². The van der Waals surface area contributed by atoms with Gasteiger partial charge in [0.2, 0.25) is 0 Å². The van der Waals surface area contributed by atoms with Gasteiger partial charge >= 0.3 is 0 Å².